The second-order valence-corrected chi connectivity index (χ2v) is 4.11. The first-order valence-corrected chi connectivity index (χ1v) is 5.54. The number of hydrogen-bond acceptors (Lipinski definition) is 2. The Hall–Kier alpha value is -0.610. The van der Waals surface area contributed by atoms with Gasteiger partial charge in [-0.3, -0.25) is 0 Å². The lowest BCUT2D eigenvalue weighted by Crippen LogP contribution is -2.18. The third kappa shape index (κ3) is 2.69. The molecule has 1 unspecified atom stereocenters. The molecule has 14 heavy (non-hydrogen) atoms. The topological polar surface area (TPSA) is 26.0 Å². The summed E-state index contributed by atoms with van der Waals surface area (Å²) in [5, 5.41) is 0. The lowest BCUT2D eigenvalue weighted by Gasteiger charge is -2.09. The van der Waals surface area contributed by atoms with Crippen molar-refractivity contribution in [1.29, 1.82) is 0 Å². The van der Waals surface area contributed by atoms with Crippen molar-refractivity contribution in [3.05, 3.63) is 29.3 Å². The first-order chi connectivity index (χ1) is 6.54. The standard InChI is InChI=1S/C10H13F2NS/c1-6(13)3-7-4-8(11)5-9(14-2)10(7)12/h4-6H,3,13H2,1-2H3. The van der Waals surface area contributed by atoms with Crippen molar-refractivity contribution in [2.24, 2.45) is 5.73 Å². The molecule has 0 aliphatic carbocycles. The SMILES string of the molecule is CSc1cc(F)cc(CC(C)N)c1F. The lowest BCUT2D eigenvalue weighted by molar-refractivity contribution is 0.552. The molecule has 0 saturated heterocycles. The molecule has 0 fully saturated rings. The van der Waals surface area contributed by atoms with Crippen LogP contribution in [0.5, 0.6) is 0 Å². The summed E-state index contributed by atoms with van der Waals surface area (Å²) in [4.78, 5) is 0.334. The molecule has 4 heteroatoms. The molecule has 1 atom stereocenters. The predicted octanol–water partition coefficient (Wildman–Crippen LogP) is 2.58. The molecule has 0 aromatic heterocycles. The summed E-state index contributed by atoms with van der Waals surface area (Å²) in [5.74, 6) is -0.761. The Bertz CT molecular complexity index is 326. The van der Waals surface area contributed by atoms with Crippen molar-refractivity contribution < 1.29 is 8.78 Å². The van der Waals surface area contributed by atoms with Crippen LogP contribution in [0.3, 0.4) is 0 Å². The highest BCUT2D eigenvalue weighted by Gasteiger charge is 2.11. The minimum atomic E-state index is -0.411. The summed E-state index contributed by atoms with van der Waals surface area (Å²) in [6, 6.07) is 2.24. The molecule has 0 saturated carbocycles. The number of rotatable bonds is 3. The van der Waals surface area contributed by atoms with Gasteiger partial charge in [-0.2, -0.15) is 0 Å². The Morgan fingerprint density at radius 2 is 2.07 bits per heavy atom. The molecule has 0 aliphatic rings. The van der Waals surface area contributed by atoms with E-state index in [0.717, 1.165) is 0 Å². The van der Waals surface area contributed by atoms with Gasteiger partial charge in [0.1, 0.15) is 11.6 Å². The molecule has 1 nitrogen and oxygen atoms in total. The van der Waals surface area contributed by atoms with Crippen molar-refractivity contribution >= 4 is 11.8 Å². The van der Waals surface area contributed by atoms with E-state index in [9.17, 15) is 8.78 Å². The second-order valence-electron chi connectivity index (χ2n) is 3.26. The average Bonchev–Trinajstić information content (AvgIpc) is 2.09. The highest BCUT2D eigenvalue weighted by Crippen LogP contribution is 2.24. The maximum Gasteiger partial charge on any atom is 0.140 e. The summed E-state index contributed by atoms with van der Waals surface area (Å²) >= 11 is 1.20. The van der Waals surface area contributed by atoms with Crippen LogP contribution < -0.4 is 5.73 Å². The normalized spacial score (nSPS) is 12.9. The zero-order valence-electron chi connectivity index (χ0n) is 8.18. The lowest BCUT2D eigenvalue weighted by atomic mass is 10.1. The number of thioether (sulfide) groups is 1. The van der Waals surface area contributed by atoms with Crippen LogP contribution in [0.25, 0.3) is 0 Å². The summed E-state index contributed by atoms with van der Waals surface area (Å²) in [7, 11) is 0. The Morgan fingerprint density at radius 1 is 1.43 bits per heavy atom. The minimum absolute atomic E-state index is 0.166. The first kappa shape index (κ1) is 11.5. The van der Waals surface area contributed by atoms with E-state index >= 15 is 0 Å². The van der Waals surface area contributed by atoms with E-state index in [1.54, 1.807) is 13.2 Å². The van der Waals surface area contributed by atoms with Crippen molar-refractivity contribution in [1.82, 2.24) is 0 Å². The number of hydrogen-bond donors (Lipinski definition) is 1. The molecule has 1 rings (SSSR count). The first-order valence-electron chi connectivity index (χ1n) is 4.32. The molecule has 0 aliphatic heterocycles. The highest BCUT2D eigenvalue weighted by atomic mass is 32.2. The van der Waals surface area contributed by atoms with Crippen LogP contribution in [-0.2, 0) is 6.42 Å². The van der Waals surface area contributed by atoms with Gasteiger partial charge in [-0.25, -0.2) is 8.78 Å². The largest absolute Gasteiger partial charge is 0.328 e. The van der Waals surface area contributed by atoms with Gasteiger partial charge >= 0.3 is 0 Å². The van der Waals surface area contributed by atoms with Gasteiger partial charge in [-0.05, 0) is 37.3 Å². The van der Waals surface area contributed by atoms with Gasteiger partial charge in [0.05, 0.1) is 0 Å². The minimum Gasteiger partial charge on any atom is -0.328 e. The smallest absolute Gasteiger partial charge is 0.140 e. The van der Waals surface area contributed by atoms with Crippen molar-refractivity contribution in [3.8, 4) is 0 Å². The Balaban J connectivity index is 3.08. The maximum atomic E-state index is 13.6. The molecule has 0 radical (unpaired) electrons. The number of benzene rings is 1. The molecular formula is C10H13F2NS. The molecule has 0 spiro atoms. The van der Waals surface area contributed by atoms with E-state index < -0.39 is 5.82 Å². The van der Waals surface area contributed by atoms with Gasteiger partial charge in [-0.1, -0.05) is 0 Å². The van der Waals surface area contributed by atoms with Crippen LogP contribution in [0.15, 0.2) is 17.0 Å². The molecule has 1 aromatic carbocycles. The monoisotopic (exact) mass is 217 g/mol. The third-order valence-electron chi connectivity index (χ3n) is 1.84. The summed E-state index contributed by atoms with van der Waals surface area (Å²) in [6.07, 6.45) is 2.07. The molecular weight excluding hydrogens is 204 g/mol. The fraction of sp³-hybridized carbons (Fsp3) is 0.400. The van der Waals surface area contributed by atoms with E-state index in [0.29, 0.717) is 16.9 Å². The zero-order chi connectivity index (χ0) is 10.7. The van der Waals surface area contributed by atoms with Crippen LogP contribution in [0.1, 0.15) is 12.5 Å². The number of halogens is 2. The van der Waals surface area contributed by atoms with Gasteiger partial charge in [0.15, 0.2) is 0 Å². The van der Waals surface area contributed by atoms with Crippen LogP contribution in [0.2, 0.25) is 0 Å². The van der Waals surface area contributed by atoms with Crippen LogP contribution in [-0.4, -0.2) is 12.3 Å². The fourth-order valence-corrected chi connectivity index (χ4v) is 1.80. The molecule has 2 N–H and O–H groups in total. The van der Waals surface area contributed by atoms with Crippen molar-refractivity contribution in [2.75, 3.05) is 6.26 Å². The van der Waals surface area contributed by atoms with Gasteiger partial charge < -0.3 is 5.73 Å². The van der Waals surface area contributed by atoms with E-state index in [4.69, 9.17) is 5.73 Å². The van der Waals surface area contributed by atoms with Gasteiger partial charge in [0, 0.05) is 10.9 Å². The molecule has 0 amide bonds. The molecule has 78 valence electrons. The highest BCUT2D eigenvalue weighted by molar-refractivity contribution is 7.98. The quantitative estimate of drug-likeness (QED) is 0.787. The number of nitrogens with two attached hydrogens (primary N) is 1. The summed E-state index contributed by atoms with van der Waals surface area (Å²) in [5.41, 5.74) is 5.89. The van der Waals surface area contributed by atoms with E-state index in [1.807, 2.05) is 0 Å². The Labute approximate surface area is 86.7 Å². The van der Waals surface area contributed by atoms with Gasteiger partial charge in [0.2, 0.25) is 0 Å². The van der Waals surface area contributed by atoms with Crippen LogP contribution in [0.4, 0.5) is 8.78 Å². The van der Waals surface area contributed by atoms with Crippen LogP contribution in [0, 0.1) is 11.6 Å². The van der Waals surface area contributed by atoms with Gasteiger partial charge in [0.25, 0.3) is 0 Å². The van der Waals surface area contributed by atoms with Gasteiger partial charge in [-0.15, -0.1) is 11.8 Å². The predicted molar refractivity (Wildman–Crippen MR) is 55.5 cm³/mol. The van der Waals surface area contributed by atoms with E-state index in [1.165, 1.54) is 23.9 Å². The third-order valence-corrected chi connectivity index (χ3v) is 2.58. The maximum absolute atomic E-state index is 13.6. The Morgan fingerprint density at radius 3 is 2.57 bits per heavy atom. The Kier molecular flexibility index (Phi) is 3.89. The van der Waals surface area contributed by atoms with E-state index in [-0.39, 0.29) is 11.9 Å². The van der Waals surface area contributed by atoms with Crippen molar-refractivity contribution in [2.45, 2.75) is 24.3 Å². The molecule has 0 heterocycles. The van der Waals surface area contributed by atoms with Crippen molar-refractivity contribution in [3.63, 3.8) is 0 Å². The zero-order valence-corrected chi connectivity index (χ0v) is 9.00. The fourth-order valence-electron chi connectivity index (χ4n) is 1.26. The summed E-state index contributed by atoms with van der Waals surface area (Å²) in [6.45, 7) is 1.77. The second kappa shape index (κ2) is 4.75. The molecule has 0 bridgehead atoms. The summed E-state index contributed by atoms with van der Waals surface area (Å²) < 4.78 is 26.6. The molecule has 1 aromatic rings. The van der Waals surface area contributed by atoms with Crippen LogP contribution >= 0.6 is 11.8 Å². The average molecular weight is 217 g/mol. The van der Waals surface area contributed by atoms with E-state index in [2.05, 4.69) is 0 Å².